The summed E-state index contributed by atoms with van der Waals surface area (Å²) in [6.45, 7) is 5.95. The molecule has 1 amide bonds. The maximum Gasteiger partial charge on any atom is 0.492 e. The summed E-state index contributed by atoms with van der Waals surface area (Å²) in [6.07, 6.45) is 1.51. The molecule has 1 heterocycles. The largest absolute Gasteiger partial charge is 0.492 e. The second-order valence-electron chi connectivity index (χ2n) is 8.47. The Morgan fingerprint density at radius 3 is 2.59 bits per heavy atom. The van der Waals surface area contributed by atoms with Crippen LogP contribution in [-0.2, 0) is 25.4 Å². The highest BCUT2D eigenvalue weighted by Crippen LogP contribution is 2.20. The van der Waals surface area contributed by atoms with Gasteiger partial charge in [-0.05, 0) is 45.6 Å². The van der Waals surface area contributed by atoms with Gasteiger partial charge in [0.1, 0.15) is 24.0 Å². The summed E-state index contributed by atoms with van der Waals surface area (Å²) in [5.41, 5.74) is -0.324. The van der Waals surface area contributed by atoms with Crippen LogP contribution in [0.3, 0.4) is 0 Å². The lowest BCUT2D eigenvalue weighted by molar-refractivity contribution is -0.165. The fraction of sp³-hybridized carbons (Fsp3) is 0.619. The van der Waals surface area contributed by atoms with E-state index in [1.54, 1.807) is 32.9 Å². The number of carboxylic acid groups (broad SMARTS) is 1. The van der Waals surface area contributed by atoms with Gasteiger partial charge in [-0.1, -0.05) is 18.2 Å². The Morgan fingerprint density at radius 2 is 2.00 bits per heavy atom. The normalized spacial score (nSPS) is 17.3. The van der Waals surface area contributed by atoms with Crippen molar-refractivity contribution >= 4 is 24.6 Å². The molecule has 1 fully saturated rings. The fourth-order valence-corrected chi connectivity index (χ4v) is 3.18. The molecule has 10 nitrogen and oxygen atoms in total. The van der Waals surface area contributed by atoms with Crippen molar-refractivity contribution in [3.63, 3.8) is 0 Å². The van der Waals surface area contributed by atoms with Gasteiger partial charge in [-0.15, -0.1) is 0 Å². The van der Waals surface area contributed by atoms with Crippen LogP contribution >= 0.6 is 0 Å². The van der Waals surface area contributed by atoms with Gasteiger partial charge in [-0.25, -0.2) is 9.59 Å². The molecule has 178 valence electrons. The number of para-hydroxylation sites is 1. The van der Waals surface area contributed by atoms with E-state index in [1.165, 1.54) is 6.07 Å². The molecule has 2 rings (SSSR count). The number of amides is 1. The molecule has 1 aliphatic heterocycles. The van der Waals surface area contributed by atoms with Gasteiger partial charge < -0.3 is 39.4 Å². The Balaban J connectivity index is 2.08. The average molecular weight is 453 g/mol. The number of carbonyl (C=O) groups excluding carboxylic acids is 1. The van der Waals surface area contributed by atoms with Gasteiger partial charge >= 0.3 is 19.2 Å². The number of hydrogen-bond acceptors (Lipinski definition) is 8. The van der Waals surface area contributed by atoms with Gasteiger partial charge in [0.2, 0.25) is 0 Å². The van der Waals surface area contributed by atoms with Crippen LogP contribution in [0.5, 0.6) is 5.75 Å². The molecular formula is C21H32BNO9. The van der Waals surface area contributed by atoms with E-state index < -0.39 is 30.8 Å². The molecule has 1 aromatic carbocycles. The monoisotopic (exact) mass is 453 g/mol. The molecule has 1 unspecified atom stereocenters. The number of carboxylic acids is 1. The van der Waals surface area contributed by atoms with Crippen molar-refractivity contribution in [2.75, 3.05) is 19.8 Å². The third-order valence-electron chi connectivity index (χ3n) is 4.59. The summed E-state index contributed by atoms with van der Waals surface area (Å²) >= 11 is 0. The van der Waals surface area contributed by atoms with Crippen molar-refractivity contribution in [1.82, 2.24) is 5.32 Å². The molecule has 1 aromatic rings. The highest BCUT2D eigenvalue weighted by molar-refractivity contribution is 6.59. The van der Waals surface area contributed by atoms with E-state index in [0.29, 0.717) is 12.2 Å². The van der Waals surface area contributed by atoms with E-state index in [4.69, 9.17) is 18.9 Å². The second-order valence-corrected chi connectivity index (χ2v) is 8.47. The van der Waals surface area contributed by atoms with Crippen molar-refractivity contribution in [3.8, 4) is 5.75 Å². The maximum atomic E-state index is 12.0. The Morgan fingerprint density at radius 1 is 1.25 bits per heavy atom. The number of hydrogen-bond donors (Lipinski definition) is 4. The minimum atomic E-state index is -1.82. The van der Waals surface area contributed by atoms with E-state index in [-0.39, 0.29) is 37.1 Å². The van der Waals surface area contributed by atoms with Crippen LogP contribution in [0.2, 0.25) is 0 Å². The van der Waals surface area contributed by atoms with Crippen molar-refractivity contribution in [2.45, 2.75) is 64.4 Å². The van der Waals surface area contributed by atoms with Gasteiger partial charge in [0.05, 0.1) is 6.61 Å². The van der Waals surface area contributed by atoms with Crippen molar-refractivity contribution in [3.05, 3.63) is 23.8 Å². The molecular weight excluding hydrogens is 421 g/mol. The first-order chi connectivity index (χ1) is 15.1. The number of alkyl carbamates (subject to hydrolysis) is 1. The molecule has 2 atom stereocenters. The predicted octanol–water partition coefficient (Wildman–Crippen LogP) is 0.809. The lowest BCUT2D eigenvalue weighted by atomic mass is 9.78. The first-order valence-corrected chi connectivity index (χ1v) is 10.6. The summed E-state index contributed by atoms with van der Waals surface area (Å²) in [5.74, 6) is -1.14. The summed E-state index contributed by atoms with van der Waals surface area (Å²) in [4.78, 5) is 23.8. The third kappa shape index (κ3) is 8.66. The zero-order valence-electron chi connectivity index (χ0n) is 18.7. The number of benzene rings is 1. The van der Waals surface area contributed by atoms with Crippen molar-refractivity contribution < 1.29 is 43.7 Å². The summed E-state index contributed by atoms with van der Waals surface area (Å²) < 4.78 is 22.0. The fourth-order valence-electron chi connectivity index (χ4n) is 3.18. The van der Waals surface area contributed by atoms with Crippen LogP contribution < -0.4 is 15.5 Å². The highest BCUT2D eigenvalue weighted by atomic mass is 16.7. The van der Waals surface area contributed by atoms with Crippen LogP contribution in [0.1, 0.15) is 45.6 Å². The highest BCUT2D eigenvalue weighted by Gasteiger charge is 2.27. The molecule has 32 heavy (non-hydrogen) atoms. The molecule has 0 radical (unpaired) electrons. The van der Waals surface area contributed by atoms with Crippen LogP contribution in [0.4, 0.5) is 4.79 Å². The number of aliphatic carboxylic acids is 1. The zero-order valence-corrected chi connectivity index (χ0v) is 18.7. The Hall–Kier alpha value is -2.34. The van der Waals surface area contributed by atoms with E-state index >= 15 is 0 Å². The van der Waals surface area contributed by atoms with Crippen LogP contribution in [0.25, 0.3) is 0 Å². The van der Waals surface area contributed by atoms with Gasteiger partial charge in [0.25, 0.3) is 0 Å². The minimum Gasteiger partial charge on any atom is -0.491 e. The summed E-state index contributed by atoms with van der Waals surface area (Å²) in [5, 5.41) is 31.3. The standard InChI is InChI=1S/C21H32BNO9/c1-21(2,3)32-20(26)23-16(19(24)25)13-14-7-6-8-15(22(27)28)18(14)31-12-11-30-17-9-4-5-10-29-17/h6-8,16-17,27-28H,4-5,9-13H2,1-3H3,(H,23,26)(H,24,25)/t16-,17?/m0/s1. The van der Waals surface area contributed by atoms with E-state index in [0.717, 1.165) is 19.3 Å². The average Bonchev–Trinajstić information content (AvgIpc) is 2.70. The number of carbonyl (C=O) groups is 2. The molecule has 0 aromatic heterocycles. The van der Waals surface area contributed by atoms with Gasteiger partial charge in [-0.2, -0.15) is 0 Å². The van der Waals surface area contributed by atoms with Crippen LogP contribution in [0, 0.1) is 0 Å². The Bertz CT molecular complexity index is 760. The number of nitrogens with one attached hydrogen (secondary N) is 1. The quantitative estimate of drug-likeness (QED) is 0.299. The topological polar surface area (TPSA) is 144 Å². The summed E-state index contributed by atoms with van der Waals surface area (Å²) in [6, 6.07) is 3.30. The number of ether oxygens (including phenoxy) is 4. The molecule has 11 heteroatoms. The number of rotatable bonds is 10. The molecule has 0 aliphatic carbocycles. The van der Waals surface area contributed by atoms with Gasteiger partial charge in [0.15, 0.2) is 6.29 Å². The second kappa shape index (κ2) is 12.1. The minimum absolute atomic E-state index is 0.0813. The first-order valence-electron chi connectivity index (χ1n) is 10.6. The molecule has 1 aliphatic rings. The predicted molar refractivity (Wildman–Crippen MR) is 116 cm³/mol. The van der Waals surface area contributed by atoms with Crippen molar-refractivity contribution in [2.24, 2.45) is 0 Å². The smallest absolute Gasteiger partial charge is 0.491 e. The maximum absolute atomic E-state index is 12.0. The van der Waals surface area contributed by atoms with Gasteiger partial charge in [-0.3, -0.25) is 0 Å². The van der Waals surface area contributed by atoms with E-state index in [9.17, 15) is 24.7 Å². The van der Waals surface area contributed by atoms with E-state index in [1.807, 2.05) is 0 Å². The molecule has 0 saturated carbocycles. The zero-order chi connectivity index (χ0) is 23.7. The third-order valence-corrected chi connectivity index (χ3v) is 4.59. The molecule has 0 spiro atoms. The van der Waals surface area contributed by atoms with Crippen molar-refractivity contribution in [1.29, 1.82) is 0 Å². The lowest BCUT2D eigenvalue weighted by Crippen LogP contribution is -2.45. The molecule has 4 N–H and O–H groups in total. The van der Waals surface area contributed by atoms with Gasteiger partial charge in [0, 0.05) is 18.5 Å². The molecule has 1 saturated heterocycles. The SMILES string of the molecule is CC(C)(C)OC(=O)N[C@@H](Cc1cccc(B(O)O)c1OCCOC1CCCCO1)C(=O)O. The van der Waals surface area contributed by atoms with E-state index in [2.05, 4.69) is 5.32 Å². The lowest BCUT2D eigenvalue weighted by Gasteiger charge is -2.24. The van der Waals surface area contributed by atoms with Crippen LogP contribution in [0.15, 0.2) is 18.2 Å². The Labute approximate surface area is 188 Å². The first kappa shape index (κ1) is 25.9. The van der Waals surface area contributed by atoms with Crippen LogP contribution in [-0.4, -0.2) is 72.1 Å². The molecule has 0 bridgehead atoms. The summed E-state index contributed by atoms with van der Waals surface area (Å²) in [7, 11) is -1.82. The Kier molecular flexibility index (Phi) is 9.76.